The van der Waals surface area contributed by atoms with Crippen LogP contribution >= 0.6 is 0 Å². The maximum atomic E-state index is 13.9. The Morgan fingerprint density at radius 1 is 1.23 bits per heavy atom. The van der Waals surface area contributed by atoms with E-state index < -0.39 is 64.1 Å². The number of halogens is 5. The van der Waals surface area contributed by atoms with Crippen molar-refractivity contribution in [2.45, 2.75) is 45.7 Å². The van der Waals surface area contributed by atoms with Crippen molar-refractivity contribution in [3.63, 3.8) is 0 Å². The number of methoxy groups -OCH3 is 1. The van der Waals surface area contributed by atoms with E-state index in [9.17, 15) is 36.6 Å². The van der Waals surface area contributed by atoms with Gasteiger partial charge in [0, 0.05) is 12.0 Å². The van der Waals surface area contributed by atoms with Crippen molar-refractivity contribution >= 4 is 17.5 Å². The van der Waals surface area contributed by atoms with E-state index in [0.29, 0.717) is 6.42 Å². The Balaban J connectivity index is 3.12. The van der Waals surface area contributed by atoms with Crippen LogP contribution < -0.4 is 0 Å². The molecule has 0 aliphatic carbocycles. The molecular formula is C19H20F5NO5. The minimum absolute atomic E-state index is 0.0458. The van der Waals surface area contributed by atoms with Crippen molar-refractivity contribution < 1.29 is 46.1 Å². The molecule has 1 aromatic heterocycles. The minimum atomic E-state index is -5.26. The number of aliphatic carboxylic acids is 1. The van der Waals surface area contributed by atoms with Crippen molar-refractivity contribution in [1.29, 1.82) is 0 Å². The number of aromatic nitrogens is 1. The van der Waals surface area contributed by atoms with Crippen LogP contribution in [0.25, 0.3) is 5.57 Å². The number of carboxylic acid groups (broad SMARTS) is 1. The SMILES string of the molecule is COC(=O)c1c(C(F)F)nc(C(F)(F)F)c(C(C(=O)O)=C2CCCO2)c1CC(C)C. The second-order valence-corrected chi connectivity index (χ2v) is 7.02. The minimum Gasteiger partial charge on any atom is -0.497 e. The lowest BCUT2D eigenvalue weighted by Gasteiger charge is -2.23. The molecule has 1 fully saturated rings. The lowest BCUT2D eigenvalue weighted by atomic mass is 9.86. The van der Waals surface area contributed by atoms with Crippen molar-refractivity contribution in [2.24, 2.45) is 5.92 Å². The number of hydrogen-bond acceptors (Lipinski definition) is 5. The quantitative estimate of drug-likeness (QED) is 0.397. The van der Waals surface area contributed by atoms with Crippen molar-refractivity contribution in [2.75, 3.05) is 13.7 Å². The van der Waals surface area contributed by atoms with E-state index in [4.69, 9.17) is 4.74 Å². The Morgan fingerprint density at radius 3 is 2.27 bits per heavy atom. The molecule has 11 heteroatoms. The normalized spacial score (nSPS) is 16.1. The summed E-state index contributed by atoms with van der Waals surface area (Å²) in [5, 5.41) is 9.70. The van der Waals surface area contributed by atoms with E-state index >= 15 is 0 Å². The highest BCUT2D eigenvalue weighted by atomic mass is 19.4. The standard InChI is InChI=1S/C19H20F5NO5/c1-8(2)7-9-11(13(17(26)27)10-5-4-6-30-10)15(19(22,23)24)25-14(16(20)21)12(9)18(28)29-3/h8,16H,4-7H2,1-3H3,(H,26,27). The number of nitrogens with zero attached hydrogens (tertiary/aromatic N) is 1. The molecule has 1 aliphatic rings. The van der Waals surface area contributed by atoms with E-state index in [0.717, 1.165) is 7.11 Å². The van der Waals surface area contributed by atoms with Gasteiger partial charge in [0.15, 0.2) is 5.69 Å². The molecule has 6 nitrogen and oxygen atoms in total. The van der Waals surface area contributed by atoms with E-state index in [-0.39, 0.29) is 25.2 Å². The van der Waals surface area contributed by atoms with Crippen LogP contribution in [0.15, 0.2) is 5.76 Å². The molecule has 0 spiro atoms. The van der Waals surface area contributed by atoms with Gasteiger partial charge in [-0.15, -0.1) is 0 Å². The Bertz CT molecular complexity index is 869. The van der Waals surface area contributed by atoms with Gasteiger partial charge in [-0.3, -0.25) is 0 Å². The molecule has 0 atom stereocenters. The maximum Gasteiger partial charge on any atom is 0.433 e. The lowest BCUT2D eigenvalue weighted by Crippen LogP contribution is -2.24. The average Bonchev–Trinajstić information content (AvgIpc) is 3.14. The molecule has 1 N–H and O–H groups in total. The Hall–Kier alpha value is -2.72. The van der Waals surface area contributed by atoms with Crippen LogP contribution in [0.4, 0.5) is 22.0 Å². The molecule has 1 aromatic rings. The molecule has 1 aliphatic heterocycles. The zero-order chi connectivity index (χ0) is 22.8. The van der Waals surface area contributed by atoms with Gasteiger partial charge < -0.3 is 14.6 Å². The first kappa shape index (κ1) is 23.6. The van der Waals surface area contributed by atoms with Gasteiger partial charge in [-0.05, 0) is 24.3 Å². The summed E-state index contributed by atoms with van der Waals surface area (Å²) >= 11 is 0. The fourth-order valence-electron chi connectivity index (χ4n) is 3.29. The third-order valence-electron chi connectivity index (χ3n) is 4.37. The van der Waals surface area contributed by atoms with Gasteiger partial charge in [0.25, 0.3) is 6.43 Å². The van der Waals surface area contributed by atoms with Crippen LogP contribution in [-0.4, -0.2) is 35.7 Å². The summed E-state index contributed by atoms with van der Waals surface area (Å²) in [5.41, 5.74) is -6.35. The maximum absolute atomic E-state index is 13.9. The third kappa shape index (κ3) is 4.71. The van der Waals surface area contributed by atoms with Gasteiger partial charge in [-0.1, -0.05) is 13.8 Å². The van der Waals surface area contributed by atoms with E-state index in [1.54, 1.807) is 13.8 Å². The first-order valence-electron chi connectivity index (χ1n) is 9.00. The van der Waals surface area contributed by atoms with Gasteiger partial charge in [-0.2, -0.15) is 13.2 Å². The van der Waals surface area contributed by atoms with E-state index in [1.807, 2.05) is 0 Å². The number of ether oxygens (including phenoxy) is 2. The molecule has 0 saturated carbocycles. The Labute approximate surface area is 168 Å². The second kappa shape index (κ2) is 8.97. The summed E-state index contributed by atoms with van der Waals surface area (Å²) in [5.74, 6) is -3.71. The fraction of sp³-hybridized carbons (Fsp3) is 0.526. The number of alkyl halides is 5. The van der Waals surface area contributed by atoms with Crippen LogP contribution in [0.2, 0.25) is 0 Å². The molecule has 2 rings (SSSR count). The third-order valence-corrected chi connectivity index (χ3v) is 4.37. The summed E-state index contributed by atoms with van der Waals surface area (Å²) in [6, 6.07) is 0. The first-order chi connectivity index (χ1) is 13.9. The summed E-state index contributed by atoms with van der Waals surface area (Å²) in [7, 11) is 0.880. The van der Waals surface area contributed by atoms with Gasteiger partial charge in [0.1, 0.15) is 17.0 Å². The molecule has 166 valence electrons. The summed E-state index contributed by atoms with van der Waals surface area (Å²) in [6.45, 7) is 3.26. The molecule has 2 heterocycles. The van der Waals surface area contributed by atoms with Gasteiger partial charge in [-0.25, -0.2) is 23.4 Å². The van der Waals surface area contributed by atoms with E-state index in [1.165, 1.54) is 0 Å². The number of carbonyl (C=O) groups excluding carboxylic acids is 1. The molecule has 0 unspecified atom stereocenters. The number of pyridine rings is 1. The topological polar surface area (TPSA) is 85.7 Å². The summed E-state index contributed by atoms with van der Waals surface area (Å²) < 4.78 is 78.5. The van der Waals surface area contributed by atoms with Crippen LogP contribution in [-0.2, 0) is 26.9 Å². The molecule has 0 bridgehead atoms. The highest BCUT2D eigenvalue weighted by Crippen LogP contribution is 2.42. The molecule has 0 amide bonds. The second-order valence-electron chi connectivity index (χ2n) is 7.02. The molecule has 0 radical (unpaired) electrons. The van der Waals surface area contributed by atoms with Gasteiger partial charge in [0.05, 0.1) is 19.3 Å². The predicted molar refractivity (Wildman–Crippen MR) is 93.8 cm³/mol. The Morgan fingerprint density at radius 2 is 1.87 bits per heavy atom. The first-order valence-corrected chi connectivity index (χ1v) is 9.00. The van der Waals surface area contributed by atoms with Crippen molar-refractivity contribution in [3.05, 3.63) is 33.8 Å². The smallest absolute Gasteiger partial charge is 0.433 e. The van der Waals surface area contributed by atoms with Gasteiger partial charge in [0.2, 0.25) is 0 Å². The number of esters is 1. The zero-order valence-corrected chi connectivity index (χ0v) is 16.4. The lowest BCUT2D eigenvalue weighted by molar-refractivity contribution is -0.141. The number of hydrogen-bond donors (Lipinski definition) is 1. The van der Waals surface area contributed by atoms with E-state index in [2.05, 4.69) is 9.72 Å². The Kier molecular flexibility index (Phi) is 7.04. The van der Waals surface area contributed by atoms with Crippen LogP contribution in [0.1, 0.15) is 66.0 Å². The monoisotopic (exact) mass is 437 g/mol. The largest absolute Gasteiger partial charge is 0.497 e. The number of carbonyl (C=O) groups is 2. The van der Waals surface area contributed by atoms with Crippen molar-refractivity contribution in [3.8, 4) is 0 Å². The number of rotatable bonds is 6. The van der Waals surface area contributed by atoms with Crippen LogP contribution in [0, 0.1) is 5.92 Å². The molecular weight excluding hydrogens is 417 g/mol. The highest BCUT2D eigenvalue weighted by molar-refractivity contribution is 6.17. The van der Waals surface area contributed by atoms with Crippen LogP contribution in [0.3, 0.4) is 0 Å². The fourth-order valence-corrected chi connectivity index (χ4v) is 3.29. The molecule has 0 aromatic carbocycles. The average molecular weight is 437 g/mol. The highest BCUT2D eigenvalue weighted by Gasteiger charge is 2.43. The number of allylic oxidation sites excluding steroid dienone is 1. The molecule has 1 saturated heterocycles. The zero-order valence-electron chi connectivity index (χ0n) is 16.4. The van der Waals surface area contributed by atoms with Gasteiger partial charge >= 0.3 is 18.1 Å². The molecule has 30 heavy (non-hydrogen) atoms. The van der Waals surface area contributed by atoms with Crippen LogP contribution in [0.5, 0.6) is 0 Å². The predicted octanol–water partition coefficient (Wildman–Crippen LogP) is 4.63. The summed E-state index contributed by atoms with van der Waals surface area (Å²) in [6.07, 6.45) is -8.67. The van der Waals surface area contributed by atoms with Crippen molar-refractivity contribution in [1.82, 2.24) is 4.98 Å². The summed E-state index contributed by atoms with van der Waals surface area (Å²) in [4.78, 5) is 27.3. The number of carboxylic acids is 1.